The van der Waals surface area contributed by atoms with Crippen LogP contribution in [0.1, 0.15) is 26.7 Å². The van der Waals surface area contributed by atoms with Crippen LogP contribution in [0.3, 0.4) is 0 Å². The van der Waals surface area contributed by atoms with Crippen molar-refractivity contribution in [1.29, 1.82) is 0 Å². The summed E-state index contributed by atoms with van der Waals surface area (Å²) in [5.74, 6) is 0.785. The largest absolute Gasteiger partial charge is 0.379 e. The maximum Gasteiger partial charge on any atom is 0.0608 e. The molecule has 1 aliphatic rings. The Hall–Kier alpha value is -0.120. The second kappa shape index (κ2) is 6.35. The zero-order valence-corrected chi connectivity index (χ0v) is 8.88. The van der Waals surface area contributed by atoms with Crippen LogP contribution in [0.5, 0.6) is 0 Å². The highest BCUT2D eigenvalue weighted by Gasteiger charge is 2.10. The van der Waals surface area contributed by atoms with E-state index < -0.39 is 0 Å². The van der Waals surface area contributed by atoms with Crippen LogP contribution in [0.25, 0.3) is 0 Å². The molecule has 3 heteroatoms. The highest BCUT2D eigenvalue weighted by atomic mass is 16.5. The van der Waals surface area contributed by atoms with E-state index in [2.05, 4.69) is 24.3 Å². The van der Waals surface area contributed by atoms with Crippen molar-refractivity contribution in [2.45, 2.75) is 26.7 Å². The van der Waals surface area contributed by atoms with E-state index in [4.69, 9.17) is 4.74 Å². The van der Waals surface area contributed by atoms with Crippen LogP contribution in [0.2, 0.25) is 0 Å². The van der Waals surface area contributed by atoms with Crippen molar-refractivity contribution in [3.8, 4) is 0 Å². The first-order chi connectivity index (χ1) is 6.33. The number of ether oxygens (including phenoxy) is 1. The summed E-state index contributed by atoms with van der Waals surface area (Å²) in [6.07, 6.45) is 2.60. The van der Waals surface area contributed by atoms with E-state index in [1.54, 1.807) is 0 Å². The standard InChI is InChI=1S/C10H22N2O/c1-3-4-10(2)9-11-12-5-7-13-8-6-12/h10-11H,3-9H2,1-2H3. The second-order valence-corrected chi connectivity index (χ2v) is 3.86. The van der Waals surface area contributed by atoms with Crippen LogP contribution in [0, 0.1) is 5.92 Å². The fourth-order valence-corrected chi connectivity index (χ4v) is 1.60. The first-order valence-corrected chi connectivity index (χ1v) is 5.39. The predicted octanol–water partition coefficient (Wildman–Crippen LogP) is 1.26. The fraction of sp³-hybridized carbons (Fsp3) is 1.00. The molecule has 13 heavy (non-hydrogen) atoms. The lowest BCUT2D eigenvalue weighted by atomic mass is 10.1. The van der Waals surface area contributed by atoms with Gasteiger partial charge in [-0.15, -0.1) is 0 Å². The third-order valence-electron chi connectivity index (χ3n) is 2.46. The summed E-state index contributed by atoms with van der Waals surface area (Å²) in [5.41, 5.74) is 3.46. The van der Waals surface area contributed by atoms with Gasteiger partial charge >= 0.3 is 0 Å². The molecule has 1 N–H and O–H groups in total. The normalized spacial score (nSPS) is 21.7. The number of hydrogen-bond acceptors (Lipinski definition) is 3. The van der Waals surface area contributed by atoms with Gasteiger partial charge in [0.2, 0.25) is 0 Å². The molecule has 0 aromatic rings. The number of morpholine rings is 1. The van der Waals surface area contributed by atoms with Gasteiger partial charge in [0.15, 0.2) is 0 Å². The van der Waals surface area contributed by atoms with Crippen molar-refractivity contribution in [2.24, 2.45) is 5.92 Å². The second-order valence-electron chi connectivity index (χ2n) is 3.86. The van der Waals surface area contributed by atoms with Gasteiger partial charge in [-0.3, -0.25) is 5.43 Å². The summed E-state index contributed by atoms with van der Waals surface area (Å²) < 4.78 is 5.27. The van der Waals surface area contributed by atoms with Crippen LogP contribution in [-0.2, 0) is 4.74 Å². The van der Waals surface area contributed by atoms with Gasteiger partial charge in [-0.05, 0) is 12.3 Å². The monoisotopic (exact) mass is 186 g/mol. The Morgan fingerprint density at radius 3 is 2.69 bits per heavy atom. The van der Waals surface area contributed by atoms with Gasteiger partial charge in [0.25, 0.3) is 0 Å². The molecule has 1 unspecified atom stereocenters. The SMILES string of the molecule is CCCC(C)CNN1CCOCC1. The molecule has 1 saturated heterocycles. The Balaban J connectivity index is 2.03. The summed E-state index contributed by atoms with van der Waals surface area (Å²) in [7, 11) is 0. The Labute approximate surface area is 81.4 Å². The Kier molecular flexibility index (Phi) is 5.35. The molecule has 1 fully saturated rings. The van der Waals surface area contributed by atoms with E-state index in [9.17, 15) is 0 Å². The maximum absolute atomic E-state index is 5.27. The van der Waals surface area contributed by atoms with E-state index in [0.29, 0.717) is 0 Å². The third-order valence-corrected chi connectivity index (χ3v) is 2.46. The van der Waals surface area contributed by atoms with E-state index in [-0.39, 0.29) is 0 Å². The number of nitrogens with zero attached hydrogens (tertiary/aromatic N) is 1. The molecule has 0 aromatic carbocycles. The highest BCUT2D eigenvalue weighted by Crippen LogP contribution is 2.03. The van der Waals surface area contributed by atoms with E-state index in [1.165, 1.54) is 12.8 Å². The van der Waals surface area contributed by atoms with Crippen LogP contribution >= 0.6 is 0 Å². The molecule has 0 radical (unpaired) electrons. The molecule has 3 nitrogen and oxygen atoms in total. The zero-order valence-electron chi connectivity index (χ0n) is 8.88. The molecular weight excluding hydrogens is 164 g/mol. The first kappa shape index (κ1) is 11.0. The number of hydrazine groups is 1. The topological polar surface area (TPSA) is 24.5 Å². The fourth-order valence-electron chi connectivity index (χ4n) is 1.60. The molecule has 1 aliphatic heterocycles. The number of nitrogens with one attached hydrogen (secondary N) is 1. The lowest BCUT2D eigenvalue weighted by Crippen LogP contribution is -2.47. The molecule has 0 amide bonds. The quantitative estimate of drug-likeness (QED) is 0.699. The smallest absolute Gasteiger partial charge is 0.0608 e. The van der Waals surface area contributed by atoms with Crippen molar-refractivity contribution in [3.63, 3.8) is 0 Å². The van der Waals surface area contributed by atoms with Gasteiger partial charge in [-0.2, -0.15) is 0 Å². The molecule has 1 atom stereocenters. The van der Waals surface area contributed by atoms with Crippen molar-refractivity contribution in [2.75, 3.05) is 32.8 Å². The van der Waals surface area contributed by atoms with Crippen molar-refractivity contribution >= 4 is 0 Å². The van der Waals surface area contributed by atoms with E-state index in [1.807, 2.05) is 0 Å². The lowest BCUT2D eigenvalue weighted by Gasteiger charge is -2.28. The van der Waals surface area contributed by atoms with Gasteiger partial charge < -0.3 is 4.74 Å². The average molecular weight is 186 g/mol. The van der Waals surface area contributed by atoms with Crippen molar-refractivity contribution in [3.05, 3.63) is 0 Å². The average Bonchev–Trinajstić information content (AvgIpc) is 2.17. The zero-order chi connectivity index (χ0) is 9.52. The molecular formula is C10H22N2O. The molecule has 1 rings (SSSR count). The summed E-state index contributed by atoms with van der Waals surface area (Å²) in [6.45, 7) is 9.44. The number of rotatable bonds is 5. The predicted molar refractivity (Wildman–Crippen MR) is 54.5 cm³/mol. The summed E-state index contributed by atoms with van der Waals surface area (Å²) in [4.78, 5) is 0. The van der Waals surface area contributed by atoms with Crippen LogP contribution in [-0.4, -0.2) is 37.9 Å². The lowest BCUT2D eigenvalue weighted by molar-refractivity contribution is 0.00954. The Morgan fingerprint density at radius 2 is 2.08 bits per heavy atom. The third kappa shape index (κ3) is 4.60. The van der Waals surface area contributed by atoms with Gasteiger partial charge in [0.1, 0.15) is 0 Å². The van der Waals surface area contributed by atoms with Gasteiger partial charge in [-0.25, -0.2) is 5.01 Å². The minimum absolute atomic E-state index is 0.785. The van der Waals surface area contributed by atoms with Crippen molar-refractivity contribution < 1.29 is 4.74 Å². The Bertz CT molecular complexity index is 124. The molecule has 0 saturated carbocycles. The van der Waals surface area contributed by atoms with E-state index in [0.717, 1.165) is 38.8 Å². The summed E-state index contributed by atoms with van der Waals surface area (Å²) >= 11 is 0. The molecule has 0 aliphatic carbocycles. The molecule has 78 valence electrons. The van der Waals surface area contributed by atoms with Crippen LogP contribution in [0.4, 0.5) is 0 Å². The molecule has 1 heterocycles. The molecule has 0 bridgehead atoms. The van der Waals surface area contributed by atoms with E-state index >= 15 is 0 Å². The highest BCUT2D eigenvalue weighted by molar-refractivity contribution is 4.60. The maximum atomic E-state index is 5.27. The number of hydrogen-bond donors (Lipinski definition) is 1. The van der Waals surface area contributed by atoms with Crippen LogP contribution in [0.15, 0.2) is 0 Å². The minimum atomic E-state index is 0.785. The minimum Gasteiger partial charge on any atom is -0.379 e. The first-order valence-electron chi connectivity index (χ1n) is 5.39. The van der Waals surface area contributed by atoms with Crippen LogP contribution < -0.4 is 5.43 Å². The van der Waals surface area contributed by atoms with Crippen molar-refractivity contribution in [1.82, 2.24) is 10.4 Å². The molecule has 0 spiro atoms. The summed E-state index contributed by atoms with van der Waals surface area (Å²) in [5, 5.41) is 2.27. The van der Waals surface area contributed by atoms with Gasteiger partial charge in [-0.1, -0.05) is 20.3 Å². The summed E-state index contributed by atoms with van der Waals surface area (Å²) in [6, 6.07) is 0. The van der Waals surface area contributed by atoms with Gasteiger partial charge in [0, 0.05) is 19.6 Å². The van der Waals surface area contributed by atoms with Gasteiger partial charge in [0.05, 0.1) is 13.2 Å². The Morgan fingerprint density at radius 1 is 1.38 bits per heavy atom. The molecule has 0 aromatic heterocycles.